The molecule has 0 aromatic carbocycles. The molecule has 0 unspecified atom stereocenters. The quantitative estimate of drug-likeness (QED) is 0.241. The molecular weight excluding hydrogens is 376 g/mol. The van der Waals surface area contributed by atoms with Gasteiger partial charge in [0.05, 0.1) is 0 Å². The van der Waals surface area contributed by atoms with Gasteiger partial charge in [-0.2, -0.15) is 11.8 Å². The Morgan fingerprint density at radius 1 is 0.632 bits per heavy atom. The molecule has 0 atom stereocenters. The van der Waals surface area contributed by atoms with Gasteiger partial charge in [0.1, 0.15) is 0 Å². The molecule has 116 valence electrons. The molecule has 0 nitrogen and oxygen atoms in total. The third-order valence-corrected chi connectivity index (χ3v) is 3.94. The van der Waals surface area contributed by atoms with Crippen molar-refractivity contribution >= 4 is 53.9 Å². The SMILES string of the molecule is CCCCCCCSCCCCCCC.[Cl][Ga]([Cl])[Cl]. The van der Waals surface area contributed by atoms with E-state index in [2.05, 4.69) is 25.6 Å². The van der Waals surface area contributed by atoms with Crippen LogP contribution in [0.25, 0.3) is 0 Å². The van der Waals surface area contributed by atoms with Gasteiger partial charge in [0.2, 0.25) is 0 Å². The first kappa shape index (κ1) is 23.1. The zero-order valence-corrected chi connectivity index (χ0v) is 18.1. The summed E-state index contributed by atoms with van der Waals surface area (Å²) in [6, 6.07) is 0. The van der Waals surface area contributed by atoms with Gasteiger partial charge in [0, 0.05) is 0 Å². The summed E-state index contributed by atoms with van der Waals surface area (Å²) in [5.41, 5.74) is 0. The summed E-state index contributed by atoms with van der Waals surface area (Å²) in [6.45, 7) is 4.57. The standard InChI is InChI=1S/C14H30S.3ClH.Ga/c1-3-5-7-9-11-13-15-14-12-10-8-6-4-2;;;;/h3-14H2,1-2H3;3*1H;/q;;;;+3/p-3. The van der Waals surface area contributed by atoms with E-state index in [1.165, 1.54) is 75.7 Å². The third kappa shape index (κ3) is 33.0. The Hall–Kier alpha value is 1.86. The van der Waals surface area contributed by atoms with Crippen LogP contribution in [0.3, 0.4) is 0 Å². The molecule has 0 spiro atoms. The second-order valence-electron chi connectivity index (χ2n) is 4.69. The van der Waals surface area contributed by atoms with Gasteiger partial charge in [-0.3, -0.25) is 0 Å². The van der Waals surface area contributed by atoms with Crippen molar-refractivity contribution in [2.24, 2.45) is 0 Å². The zero-order chi connectivity index (χ0) is 14.8. The number of unbranched alkanes of at least 4 members (excludes halogenated alkanes) is 8. The van der Waals surface area contributed by atoms with E-state index in [-0.39, 0.29) is 0 Å². The fourth-order valence-electron chi connectivity index (χ4n) is 1.72. The van der Waals surface area contributed by atoms with Crippen LogP contribution in [0.5, 0.6) is 0 Å². The van der Waals surface area contributed by atoms with Crippen molar-refractivity contribution in [1.82, 2.24) is 0 Å². The maximum absolute atomic E-state index is 4.99. The van der Waals surface area contributed by atoms with E-state index in [4.69, 9.17) is 28.9 Å². The van der Waals surface area contributed by atoms with E-state index in [1.54, 1.807) is 0 Å². The zero-order valence-electron chi connectivity index (χ0n) is 12.6. The number of rotatable bonds is 12. The van der Waals surface area contributed by atoms with Crippen molar-refractivity contribution in [3.05, 3.63) is 0 Å². The normalized spacial score (nSPS) is 9.95. The molecule has 0 aromatic heterocycles. The minimum absolute atomic E-state index is 1.37. The van der Waals surface area contributed by atoms with Crippen molar-refractivity contribution in [3.63, 3.8) is 0 Å². The molecule has 0 aliphatic heterocycles. The number of hydrogen-bond acceptors (Lipinski definition) is 1. The number of thioether (sulfide) groups is 1. The molecule has 5 heteroatoms. The molecule has 0 saturated heterocycles. The van der Waals surface area contributed by atoms with Gasteiger partial charge >= 0.3 is 42.1 Å². The monoisotopic (exact) mass is 404 g/mol. The molecule has 0 heterocycles. The number of halogens is 3. The molecule has 0 fully saturated rings. The Morgan fingerprint density at radius 2 is 0.947 bits per heavy atom. The van der Waals surface area contributed by atoms with E-state index >= 15 is 0 Å². The maximum atomic E-state index is 4.99. The van der Waals surface area contributed by atoms with E-state index in [0.717, 1.165) is 0 Å². The van der Waals surface area contributed by atoms with Gasteiger partial charge in [-0.25, -0.2) is 0 Å². The number of hydrogen-bond donors (Lipinski definition) is 0. The molecular formula is C14H30Cl3GaS. The second-order valence-corrected chi connectivity index (χ2v) is 17.2. The van der Waals surface area contributed by atoms with Crippen molar-refractivity contribution in [2.75, 3.05) is 11.5 Å². The Labute approximate surface area is 142 Å². The summed E-state index contributed by atoms with van der Waals surface area (Å²) >= 11 is 0.107. The Balaban J connectivity index is 0. The van der Waals surface area contributed by atoms with Crippen molar-refractivity contribution in [1.29, 1.82) is 0 Å². The molecule has 0 aromatic rings. The van der Waals surface area contributed by atoms with Gasteiger partial charge in [-0.05, 0) is 24.3 Å². The van der Waals surface area contributed by atoms with E-state index in [1.807, 2.05) is 0 Å². The van der Waals surface area contributed by atoms with Crippen LogP contribution >= 0.6 is 40.7 Å². The Kier molecular flexibility index (Phi) is 27.0. The van der Waals surface area contributed by atoms with Crippen LogP contribution in [0, 0.1) is 0 Å². The average Bonchev–Trinajstić information content (AvgIpc) is 2.35. The van der Waals surface area contributed by atoms with Crippen LogP contribution in [0.15, 0.2) is 0 Å². The van der Waals surface area contributed by atoms with Crippen LogP contribution in [-0.4, -0.2) is 24.7 Å². The van der Waals surface area contributed by atoms with Crippen LogP contribution in [-0.2, 0) is 0 Å². The van der Waals surface area contributed by atoms with Crippen LogP contribution < -0.4 is 0 Å². The fraction of sp³-hybridized carbons (Fsp3) is 1.00. The van der Waals surface area contributed by atoms with Gasteiger partial charge < -0.3 is 0 Å². The summed E-state index contributed by atoms with van der Waals surface area (Å²) < 4.78 is 0. The average molecular weight is 407 g/mol. The predicted octanol–water partition coefficient (Wildman–Crippen LogP) is 7.35. The van der Waals surface area contributed by atoms with Crippen LogP contribution in [0.2, 0.25) is 0 Å². The first-order chi connectivity index (χ1) is 9.15. The molecule has 19 heavy (non-hydrogen) atoms. The summed E-state index contributed by atoms with van der Waals surface area (Å²) in [4.78, 5) is 0. The third-order valence-electron chi connectivity index (χ3n) is 2.78. The topological polar surface area (TPSA) is 0 Å². The van der Waals surface area contributed by atoms with E-state index < -0.39 is 13.2 Å². The fourth-order valence-corrected chi connectivity index (χ4v) is 2.74. The molecule has 0 N–H and O–H groups in total. The van der Waals surface area contributed by atoms with Gasteiger partial charge in [0.25, 0.3) is 0 Å². The van der Waals surface area contributed by atoms with Crippen molar-refractivity contribution in [2.45, 2.75) is 78.1 Å². The first-order valence-corrected chi connectivity index (χ1v) is 18.4. The molecule has 0 bridgehead atoms. The summed E-state index contributed by atoms with van der Waals surface area (Å²) in [7, 11) is 15.0. The van der Waals surface area contributed by atoms with Gasteiger partial charge in [-0.15, -0.1) is 0 Å². The molecule has 0 saturated carbocycles. The van der Waals surface area contributed by atoms with E-state index in [0.29, 0.717) is 0 Å². The van der Waals surface area contributed by atoms with Crippen LogP contribution in [0.4, 0.5) is 0 Å². The molecule has 0 rings (SSSR count). The predicted molar refractivity (Wildman–Crippen MR) is 98.2 cm³/mol. The summed E-state index contributed by atoms with van der Waals surface area (Å²) in [5, 5.41) is 0. The molecule has 0 amide bonds. The van der Waals surface area contributed by atoms with Crippen molar-refractivity contribution in [3.8, 4) is 0 Å². The summed E-state index contributed by atoms with van der Waals surface area (Å²) in [5.74, 6) is 2.80. The summed E-state index contributed by atoms with van der Waals surface area (Å²) in [6.07, 6.45) is 14.3. The first-order valence-electron chi connectivity index (χ1n) is 7.65. The van der Waals surface area contributed by atoms with Gasteiger partial charge in [0.15, 0.2) is 0 Å². The van der Waals surface area contributed by atoms with Crippen molar-refractivity contribution < 1.29 is 0 Å². The Morgan fingerprint density at radius 3 is 1.26 bits per heavy atom. The van der Waals surface area contributed by atoms with Crippen LogP contribution in [0.1, 0.15) is 78.1 Å². The van der Waals surface area contributed by atoms with E-state index in [9.17, 15) is 0 Å². The van der Waals surface area contributed by atoms with Gasteiger partial charge in [-0.1, -0.05) is 65.2 Å². The molecule has 0 aliphatic rings. The molecule has 0 aliphatic carbocycles. The Bertz CT molecular complexity index is 134. The minimum atomic E-state index is -2.06. The second kappa shape index (κ2) is 22.1. The molecule has 0 radical (unpaired) electrons.